The van der Waals surface area contributed by atoms with Crippen molar-refractivity contribution < 1.29 is 28.5 Å². The molecule has 10 heteroatoms. The number of hydrogen-bond acceptors (Lipinski definition) is 6. The third-order valence-electron chi connectivity index (χ3n) is 10.9. The van der Waals surface area contributed by atoms with Gasteiger partial charge in [0.15, 0.2) is 39.3 Å². The molecule has 58 heavy (non-hydrogen) atoms. The largest absolute Gasteiger partial charge is 0.473 e. The number of ether oxygens (including phenoxy) is 4. The molecule has 0 spiro atoms. The third kappa shape index (κ3) is 6.64. The summed E-state index contributed by atoms with van der Waals surface area (Å²) in [7, 11) is 0. The second-order valence-electron chi connectivity index (χ2n) is 14.4. The molecule has 2 heterocycles. The first-order valence-corrected chi connectivity index (χ1v) is 19.2. The van der Waals surface area contributed by atoms with Gasteiger partial charge < -0.3 is 18.9 Å². The summed E-state index contributed by atoms with van der Waals surface area (Å²) < 4.78 is 25.4. The van der Waals surface area contributed by atoms with Crippen molar-refractivity contribution in [3.8, 4) is 23.0 Å². The fraction of sp³-hybridized carbons (Fsp3) is 0.125. The van der Waals surface area contributed by atoms with Crippen LogP contribution < -0.4 is 18.9 Å². The highest BCUT2D eigenvalue weighted by Gasteiger charge is 2.60. The number of nitrogens with zero attached hydrogens (tertiary/aromatic N) is 4. The summed E-state index contributed by atoms with van der Waals surface area (Å²) in [6.45, 7) is -0.540. The Bertz CT molecular complexity index is 2450. The molecule has 2 fully saturated rings. The fourth-order valence-electron chi connectivity index (χ4n) is 7.89. The van der Waals surface area contributed by atoms with E-state index in [0.717, 1.165) is 43.1 Å². The van der Waals surface area contributed by atoms with Crippen molar-refractivity contribution in [2.75, 3.05) is 26.9 Å². The number of hydrogen-bond donors (Lipinski definition) is 0. The first kappa shape index (κ1) is 35.0. The lowest BCUT2D eigenvalue weighted by Gasteiger charge is -2.29. The van der Waals surface area contributed by atoms with Crippen molar-refractivity contribution >= 4 is 55.2 Å². The molecule has 0 bridgehead atoms. The van der Waals surface area contributed by atoms with Crippen molar-refractivity contribution in [1.29, 1.82) is 0 Å². The molecule has 10 nitrogen and oxygen atoms in total. The van der Waals surface area contributed by atoms with E-state index in [4.69, 9.17) is 18.9 Å². The molecule has 2 saturated heterocycles. The van der Waals surface area contributed by atoms with E-state index in [0.29, 0.717) is 23.0 Å². The quantitative estimate of drug-likeness (QED) is 0.123. The lowest BCUT2D eigenvalue weighted by atomic mass is 10.1. The molecule has 10 rings (SSSR count). The predicted octanol–water partition coefficient (Wildman–Crippen LogP) is 9.87. The second kappa shape index (κ2) is 14.9. The van der Waals surface area contributed by atoms with Crippen LogP contribution in [0.15, 0.2) is 170 Å². The number of benzene rings is 8. The minimum absolute atomic E-state index is 0.135. The zero-order chi connectivity index (χ0) is 39.0. The Hall–Kier alpha value is -7.46. The highest BCUT2D eigenvalue weighted by atomic mass is 16.5. The van der Waals surface area contributed by atoms with Gasteiger partial charge in [-0.15, -0.1) is 0 Å². The van der Waals surface area contributed by atoms with E-state index in [2.05, 4.69) is 0 Å². The van der Waals surface area contributed by atoms with Crippen LogP contribution >= 0.6 is 0 Å². The Kier molecular flexibility index (Phi) is 8.98. The summed E-state index contributed by atoms with van der Waals surface area (Å²) >= 11 is 0. The van der Waals surface area contributed by atoms with Crippen molar-refractivity contribution in [3.05, 3.63) is 170 Å². The molecule has 0 saturated carbocycles. The van der Waals surface area contributed by atoms with Gasteiger partial charge in [0.1, 0.15) is 23.0 Å². The van der Waals surface area contributed by atoms with Crippen molar-refractivity contribution in [2.24, 2.45) is 0 Å². The molecule has 0 N–H and O–H groups in total. The summed E-state index contributed by atoms with van der Waals surface area (Å²) in [4.78, 5) is 35.6. The topological polar surface area (TPSA) is 84.0 Å². The number of carbonyl (C=O) groups excluding carboxylic acids is 2. The van der Waals surface area contributed by atoms with Crippen LogP contribution in [0, 0.1) is 0 Å². The van der Waals surface area contributed by atoms with Gasteiger partial charge in [0.05, 0.1) is 0 Å². The number of carbonyl (C=O) groups is 2. The predicted molar refractivity (Wildman–Crippen MR) is 223 cm³/mol. The maximum absolute atomic E-state index is 14.7. The average molecular weight is 767 g/mol. The second-order valence-corrected chi connectivity index (χ2v) is 14.4. The minimum atomic E-state index is -0.818. The van der Waals surface area contributed by atoms with Crippen LogP contribution in [0.25, 0.3) is 43.1 Å². The molecule has 0 aromatic heterocycles. The zero-order valence-corrected chi connectivity index (χ0v) is 31.4. The fourth-order valence-corrected chi connectivity index (χ4v) is 7.89. The number of amides is 4. The average Bonchev–Trinajstić information content (AvgIpc) is 3.69. The Morgan fingerprint density at radius 2 is 0.534 bits per heavy atom. The highest BCUT2D eigenvalue weighted by molar-refractivity contribution is 5.87. The Labute approximate surface area is 334 Å². The van der Waals surface area contributed by atoms with Crippen LogP contribution in [0.3, 0.4) is 0 Å². The Morgan fingerprint density at radius 1 is 0.310 bits per heavy atom. The molecular formula is C48H38N4O6. The van der Waals surface area contributed by atoms with E-state index >= 15 is 0 Å². The summed E-state index contributed by atoms with van der Waals surface area (Å²) in [5.41, 5.74) is 0. The lowest BCUT2D eigenvalue weighted by Crippen LogP contribution is -2.49. The lowest BCUT2D eigenvalue weighted by molar-refractivity contribution is 0.0277. The number of rotatable bonds is 12. The Morgan fingerprint density at radius 3 is 0.776 bits per heavy atom. The molecule has 0 aliphatic carbocycles. The van der Waals surface area contributed by atoms with Gasteiger partial charge in [-0.2, -0.15) is 0 Å². The van der Waals surface area contributed by atoms with Gasteiger partial charge in [-0.3, -0.25) is 19.6 Å². The molecule has 0 radical (unpaired) electrons. The van der Waals surface area contributed by atoms with E-state index in [-0.39, 0.29) is 39.0 Å². The van der Waals surface area contributed by atoms with E-state index < -0.39 is 12.3 Å². The molecular weight excluding hydrogens is 729 g/mol. The monoisotopic (exact) mass is 766 g/mol. The van der Waals surface area contributed by atoms with Crippen LogP contribution in [0.1, 0.15) is 0 Å². The van der Waals surface area contributed by atoms with Crippen molar-refractivity contribution in [3.63, 3.8) is 0 Å². The van der Waals surface area contributed by atoms with Gasteiger partial charge in [-0.25, -0.2) is 9.59 Å². The van der Waals surface area contributed by atoms with Gasteiger partial charge in [0.25, 0.3) is 0 Å². The summed E-state index contributed by atoms with van der Waals surface area (Å²) in [6.07, 6.45) is -1.64. The van der Waals surface area contributed by atoms with E-state index in [1.807, 2.05) is 170 Å². The Balaban J connectivity index is 0.983. The molecule has 8 aromatic rings. The van der Waals surface area contributed by atoms with Gasteiger partial charge in [0.2, 0.25) is 0 Å². The smallest absolute Gasteiger partial charge is 0.328 e. The van der Waals surface area contributed by atoms with E-state index in [9.17, 15) is 9.59 Å². The molecule has 2 aliphatic rings. The maximum Gasteiger partial charge on any atom is 0.328 e. The first-order valence-electron chi connectivity index (χ1n) is 19.2. The standard InChI is InChI=1S/C48H38N4O6/c53-47-49(29-55-41-21-17-33-9-1-5-13-37(33)25-41)45-46(51(47)31-57-43-23-19-35-11-3-7-15-39(35)27-43)52(32-58-44-24-20-36-12-4-8-16-40(36)28-44)48(54)50(45)30-56-42-22-18-34-10-2-6-14-38(34)26-42/h1-28,45-46H,29-32H2. The molecule has 0 unspecified atom stereocenters. The van der Waals surface area contributed by atoms with E-state index in [1.54, 1.807) is 19.6 Å². The first-order chi connectivity index (χ1) is 28.6. The van der Waals surface area contributed by atoms with Gasteiger partial charge >= 0.3 is 12.1 Å². The molecule has 286 valence electrons. The molecule has 2 aliphatic heterocycles. The zero-order valence-electron chi connectivity index (χ0n) is 31.4. The normalized spacial score (nSPS) is 16.5. The minimum Gasteiger partial charge on any atom is -0.473 e. The maximum atomic E-state index is 14.7. The van der Waals surface area contributed by atoms with Crippen LogP contribution in [-0.4, -0.2) is 70.9 Å². The van der Waals surface area contributed by atoms with Crippen LogP contribution in [0.4, 0.5) is 9.59 Å². The van der Waals surface area contributed by atoms with Gasteiger partial charge in [-0.05, 0) is 91.6 Å². The van der Waals surface area contributed by atoms with Crippen LogP contribution in [-0.2, 0) is 0 Å². The SMILES string of the molecule is O=C1N(COc2ccc3ccccc3c2)C2C(N1COc1ccc3ccccc3c1)N(COc1ccc3ccccc3c1)C(=O)N2COc1ccc2ccccc2c1. The van der Waals surface area contributed by atoms with Crippen LogP contribution in [0.5, 0.6) is 23.0 Å². The summed E-state index contributed by atoms with van der Waals surface area (Å²) in [5, 5.41) is 8.33. The number of fused-ring (bicyclic) bond motifs is 5. The third-order valence-corrected chi connectivity index (χ3v) is 10.9. The van der Waals surface area contributed by atoms with Crippen molar-refractivity contribution in [2.45, 2.75) is 12.3 Å². The molecule has 0 atom stereocenters. The molecule has 8 aromatic carbocycles. The van der Waals surface area contributed by atoms with Crippen LogP contribution in [0.2, 0.25) is 0 Å². The molecule has 4 amide bonds. The summed E-state index contributed by atoms with van der Waals surface area (Å²) in [6, 6.07) is 54.5. The van der Waals surface area contributed by atoms with Crippen molar-refractivity contribution in [1.82, 2.24) is 19.6 Å². The van der Waals surface area contributed by atoms with Gasteiger partial charge in [0, 0.05) is 0 Å². The van der Waals surface area contributed by atoms with E-state index in [1.165, 1.54) is 0 Å². The van der Waals surface area contributed by atoms with Gasteiger partial charge in [-0.1, -0.05) is 121 Å². The summed E-state index contributed by atoms with van der Waals surface area (Å²) in [5.74, 6) is 2.37. The highest BCUT2D eigenvalue weighted by Crippen LogP contribution is 2.37. The number of urea groups is 2.